The Morgan fingerprint density at radius 3 is 2.23 bits per heavy atom. The molecule has 0 fully saturated rings. The lowest BCUT2D eigenvalue weighted by molar-refractivity contribution is 0.239. The predicted molar refractivity (Wildman–Crippen MR) is 142 cm³/mol. The zero-order valence-corrected chi connectivity index (χ0v) is 21.8. The van der Waals surface area contributed by atoms with E-state index in [1.165, 1.54) is 110 Å². The maximum absolute atomic E-state index is 5.58. The monoisotopic (exact) mass is 429 g/mol. The summed E-state index contributed by atoms with van der Waals surface area (Å²) in [7, 11) is 0. The van der Waals surface area contributed by atoms with Gasteiger partial charge in [0.2, 0.25) is 0 Å². The van der Waals surface area contributed by atoms with Crippen molar-refractivity contribution in [2.45, 2.75) is 124 Å². The third kappa shape index (κ3) is 17.3. The number of rotatable bonds is 22. The first kappa shape index (κ1) is 30.0. The Balaban J connectivity index is 4.38. The van der Waals surface area contributed by atoms with Crippen LogP contribution in [-0.4, -0.2) is 24.5 Å². The molecule has 0 bridgehead atoms. The number of unbranched alkanes of at least 4 members (excludes halogenated alkanes) is 4. The fourth-order valence-electron chi connectivity index (χ4n) is 4.52. The minimum Gasteiger partial charge on any atom is -0.303 e. The molecule has 0 aliphatic carbocycles. The van der Waals surface area contributed by atoms with Crippen molar-refractivity contribution >= 4 is 0 Å². The van der Waals surface area contributed by atoms with Crippen LogP contribution < -0.4 is 0 Å². The third-order valence-corrected chi connectivity index (χ3v) is 6.77. The highest BCUT2D eigenvalue weighted by Crippen LogP contribution is 2.18. The molecule has 0 aromatic heterocycles. The van der Waals surface area contributed by atoms with E-state index in [-0.39, 0.29) is 0 Å². The van der Waals surface area contributed by atoms with Crippen molar-refractivity contribution in [3.05, 3.63) is 24.3 Å². The fourth-order valence-corrected chi connectivity index (χ4v) is 4.52. The van der Waals surface area contributed by atoms with Crippen molar-refractivity contribution in [2.75, 3.05) is 19.6 Å². The molecular weight excluding hydrogens is 374 g/mol. The maximum Gasteiger partial charge on any atom is 0.0115 e. The third-order valence-electron chi connectivity index (χ3n) is 6.77. The molecule has 0 heterocycles. The highest BCUT2D eigenvalue weighted by molar-refractivity contribution is 5.00. The molecule has 31 heavy (non-hydrogen) atoms. The summed E-state index contributed by atoms with van der Waals surface area (Å²) in [5.41, 5.74) is 1.65. The molecule has 180 valence electrons. The van der Waals surface area contributed by atoms with Gasteiger partial charge in [0.05, 0.1) is 0 Å². The van der Waals surface area contributed by atoms with Crippen LogP contribution in [0.5, 0.6) is 0 Å². The van der Waals surface area contributed by atoms with Crippen molar-refractivity contribution < 1.29 is 0 Å². The Morgan fingerprint density at radius 1 is 0.903 bits per heavy atom. The van der Waals surface area contributed by atoms with E-state index in [2.05, 4.69) is 57.2 Å². The Bertz CT molecular complexity index is 469. The van der Waals surface area contributed by atoms with E-state index in [4.69, 9.17) is 6.42 Å². The summed E-state index contributed by atoms with van der Waals surface area (Å²) < 4.78 is 0. The van der Waals surface area contributed by atoms with E-state index in [0.717, 1.165) is 12.3 Å². The van der Waals surface area contributed by atoms with Gasteiger partial charge in [-0.3, -0.25) is 0 Å². The first-order valence-corrected chi connectivity index (χ1v) is 13.6. The van der Waals surface area contributed by atoms with Crippen LogP contribution in [0.15, 0.2) is 24.3 Å². The first-order valence-electron chi connectivity index (χ1n) is 13.6. The zero-order valence-electron chi connectivity index (χ0n) is 21.8. The normalized spacial score (nSPS) is 13.9. The number of allylic oxidation sites excluding steroid dienone is 3. The Hall–Kier alpha value is -1.00. The summed E-state index contributed by atoms with van der Waals surface area (Å²) in [5.74, 6) is 4.30. The van der Waals surface area contributed by atoms with Crippen LogP contribution in [0.3, 0.4) is 0 Å². The van der Waals surface area contributed by atoms with Crippen LogP contribution in [0.2, 0.25) is 0 Å². The summed E-state index contributed by atoms with van der Waals surface area (Å²) in [4.78, 5) is 2.73. The van der Waals surface area contributed by atoms with Crippen LogP contribution >= 0.6 is 0 Å². The maximum atomic E-state index is 5.58. The average Bonchev–Trinajstić information content (AvgIpc) is 2.78. The smallest absolute Gasteiger partial charge is 0.0115 e. The van der Waals surface area contributed by atoms with E-state index in [9.17, 15) is 0 Å². The number of hydrogen-bond donors (Lipinski definition) is 0. The van der Waals surface area contributed by atoms with E-state index < -0.39 is 0 Å². The number of nitrogens with zero attached hydrogens (tertiary/aromatic N) is 1. The molecule has 0 saturated heterocycles. The molecule has 0 amide bonds. The Morgan fingerprint density at radius 2 is 1.65 bits per heavy atom. The molecule has 0 rings (SSSR count). The van der Waals surface area contributed by atoms with Gasteiger partial charge in [-0.25, -0.2) is 0 Å². The quantitative estimate of drug-likeness (QED) is 0.0941. The number of terminal acetylenes is 1. The summed E-state index contributed by atoms with van der Waals surface area (Å²) in [5, 5.41) is 0. The SMILES string of the molecule is C#CCC(CC)CCN(CCCC/C=C(\CC)CCC)CCCCCC(C=C)CCC. The summed E-state index contributed by atoms with van der Waals surface area (Å²) in [6.45, 7) is 16.9. The van der Waals surface area contributed by atoms with Gasteiger partial charge < -0.3 is 4.90 Å². The molecule has 0 radical (unpaired) electrons. The molecule has 0 aromatic carbocycles. The molecule has 2 unspecified atom stereocenters. The molecule has 1 nitrogen and oxygen atoms in total. The minimum absolute atomic E-state index is 0.694. The molecule has 0 saturated carbocycles. The molecule has 0 N–H and O–H groups in total. The second-order valence-electron chi connectivity index (χ2n) is 9.41. The Labute approximate surface area is 197 Å². The van der Waals surface area contributed by atoms with Crippen molar-refractivity contribution in [1.29, 1.82) is 0 Å². The van der Waals surface area contributed by atoms with Gasteiger partial charge in [0.15, 0.2) is 0 Å². The highest BCUT2D eigenvalue weighted by Gasteiger charge is 2.10. The molecule has 0 aromatic rings. The van der Waals surface area contributed by atoms with Gasteiger partial charge in [-0.2, -0.15) is 0 Å². The lowest BCUT2D eigenvalue weighted by Crippen LogP contribution is -2.28. The van der Waals surface area contributed by atoms with Gasteiger partial charge in [-0.15, -0.1) is 18.9 Å². The largest absolute Gasteiger partial charge is 0.303 e. The van der Waals surface area contributed by atoms with E-state index in [1.807, 2.05) is 0 Å². The Kier molecular flexibility index (Phi) is 21.5. The van der Waals surface area contributed by atoms with Gasteiger partial charge in [0, 0.05) is 6.42 Å². The standard InChI is InChI=1S/C30H55N/c1-7-19-28(10-4)22-15-13-17-25-31(27-24-30(12-6)21-9-3)26-18-14-16-23-29(11-5)20-8-2/h3,10,23,28,30H,4,7-8,11-22,24-27H2,1-2,5-6H3/b29-23+. The zero-order chi connectivity index (χ0) is 23.2. The van der Waals surface area contributed by atoms with Crippen LogP contribution in [0.25, 0.3) is 0 Å². The summed E-state index contributed by atoms with van der Waals surface area (Å²) >= 11 is 0. The second kappa shape index (κ2) is 22.2. The summed E-state index contributed by atoms with van der Waals surface area (Å²) in [6, 6.07) is 0. The van der Waals surface area contributed by atoms with Crippen molar-refractivity contribution in [2.24, 2.45) is 11.8 Å². The second-order valence-corrected chi connectivity index (χ2v) is 9.41. The van der Waals surface area contributed by atoms with Crippen molar-refractivity contribution in [3.63, 3.8) is 0 Å². The van der Waals surface area contributed by atoms with Crippen LogP contribution in [0, 0.1) is 24.2 Å². The van der Waals surface area contributed by atoms with Gasteiger partial charge in [0.25, 0.3) is 0 Å². The van der Waals surface area contributed by atoms with Gasteiger partial charge >= 0.3 is 0 Å². The van der Waals surface area contributed by atoms with Crippen LogP contribution in [-0.2, 0) is 0 Å². The predicted octanol–water partition coefficient (Wildman–Crippen LogP) is 9.20. The number of hydrogen-bond acceptors (Lipinski definition) is 1. The highest BCUT2D eigenvalue weighted by atomic mass is 15.1. The summed E-state index contributed by atoms with van der Waals surface area (Å²) in [6.07, 6.45) is 29.3. The lowest BCUT2D eigenvalue weighted by Gasteiger charge is -2.24. The van der Waals surface area contributed by atoms with E-state index >= 15 is 0 Å². The topological polar surface area (TPSA) is 3.24 Å². The van der Waals surface area contributed by atoms with Crippen molar-refractivity contribution in [3.8, 4) is 12.3 Å². The molecule has 2 atom stereocenters. The van der Waals surface area contributed by atoms with Crippen LogP contribution in [0.4, 0.5) is 0 Å². The first-order chi connectivity index (χ1) is 15.1. The van der Waals surface area contributed by atoms with E-state index in [1.54, 1.807) is 5.57 Å². The van der Waals surface area contributed by atoms with Crippen LogP contribution in [0.1, 0.15) is 124 Å². The average molecular weight is 430 g/mol. The minimum atomic E-state index is 0.694. The van der Waals surface area contributed by atoms with E-state index in [0.29, 0.717) is 5.92 Å². The molecule has 0 aliphatic rings. The molecule has 0 aliphatic heterocycles. The van der Waals surface area contributed by atoms with Crippen molar-refractivity contribution in [1.82, 2.24) is 4.90 Å². The van der Waals surface area contributed by atoms with Gasteiger partial charge in [-0.1, -0.05) is 77.5 Å². The fraction of sp³-hybridized carbons (Fsp3) is 0.800. The molecule has 0 spiro atoms. The van der Waals surface area contributed by atoms with Gasteiger partial charge in [-0.05, 0) is 89.3 Å². The molecule has 1 heteroatoms. The van der Waals surface area contributed by atoms with Gasteiger partial charge in [0.1, 0.15) is 0 Å². The molecular formula is C30H55N. The lowest BCUT2D eigenvalue weighted by atomic mass is 9.96.